The summed E-state index contributed by atoms with van der Waals surface area (Å²) in [6.07, 6.45) is 3.40. The molecular formula is C12H23N3OS. The molecule has 0 bridgehead atoms. The minimum atomic E-state index is -0.104. The van der Waals surface area contributed by atoms with Gasteiger partial charge in [-0.15, -0.1) is 0 Å². The topological polar surface area (TPSA) is 47.5 Å². The van der Waals surface area contributed by atoms with Crippen molar-refractivity contribution in [1.82, 2.24) is 15.8 Å². The molecule has 1 saturated carbocycles. The Kier molecular flexibility index (Phi) is 3.36. The van der Waals surface area contributed by atoms with Crippen molar-refractivity contribution in [3.8, 4) is 0 Å². The molecular weight excluding hydrogens is 234 g/mol. The highest BCUT2D eigenvalue weighted by molar-refractivity contribution is 7.80. The Labute approximate surface area is 109 Å². The van der Waals surface area contributed by atoms with Gasteiger partial charge in [0.1, 0.15) is 5.66 Å². The number of aliphatic hydroxyl groups excluding tert-OH is 1. The molecule has 2 unspecified atom stereocenters. The van der Waals surface area contributed by atoms with Crippen LogP contribution in [0.5, 0.6) is 0 Å². The molecule has 1 saturated heterocycles. The van der Waals surface area contributed by atoms with Crippen molar-refractivity contribution in [3.05, 3.63) is 0 Å². The normalized spacial score (nSPS) is 36.4. The third-order valence-corrected chi connectivity index (χ3v) is 3.96. The number of hydrazine groups is 1. The van der Waals surface area contributed by atoms with Gasteiger partial charge in [-0.05, 0) is 42.8 Å². The molecule has 2 rings (SSSR count). The molecule has 1 heterocycles. The van der Waals surface area contributed by atoms with Gasteiger partial charge >= 0.3 is 0 Å². The number of nitrogens with one attached hydrogen (secondary N) is 2. The van der Waals surface area contributed by atoms with Crippen LogP contribution >= 0.6 is 12.2 Å². The molecule has 1 spiro atoms. The summed E-state index contributed by atoms with van der Waals surface area (Å²) in [4.78, 5) is 0. The Bertz CT molecular complexity index is 321. The van der Waals surface area contributed by atoms with Gasteiger partial charge in [0.15, 0.2) is 5.11 Å². The fourth-order valence-electron chi connectivity index (χ4n) is 3.62. The monoisotopic (exact) mass is 257 g/mol. The van der Waals surface area contributed by atoms with Gasteiger partial charge in [-0.25, -0.2) is 5.43 Å². The van der Waals surface area contributed by atoms with Crippen LogP contribution in [0.1, 0.15) is 40.0 Å². The summed E-state index contributed by atoms with van der Waals surface area (Å²) in [5.74, 6) is 0.677. The molecule has 0 aromatic rings. The highest BCUT2D eigenvalue weighted by Gasteiger charge is 2.47. The maximum absolute atomic E-state index is 9.02. The molecule has 0 amide bonds. The molecule has 4 nitrogen and oxygen atoms in total. The van der Waals surface area contributed by atoms with Gasteiger partial charge in [-0.2, -0.15) is 0 Å². The van der Waals surface area contributed by atoms with Crippen molar-refractivity contribution in [3.63, 3.8) is 0 Å². The van der Waals surface area contributed by atoms with Crippen LogP contribution in [0.2, 0.25) is 0 Å². The van der Waals surface area contributed by atoms with E-state index < -0.39 is 0 Å². The molecule has 1 aliphatic heterocycles. The average molecular weight is 257 g/mol. The summed E-state index contributed by atoms with van der Waals surface area (Å²) in [6.45, 7) is 7.58. The summed E-state index contributed by atoms with van der Waals surface area (Å²) in [7, 11) is 0. The Morgan fingerprint density at radius 3 is 2.76 bits per heavy atom. The first kappa shape index (κ1) is 13.1. The van der Waals surface area contributed by atoms with Crippen LogP contribution < -0.4 is 10.7 Å². The molecule has 2 atom stereocenters. The Morgan fingerprint density at radius 1 is 1.47 bits per heavy atom. The molecule has 1 aliphatic carbocycles. The first-order valence-electron chi connectivity index (χ1n) is 6.34. The smallest absolute Gasteiger partial charge is 0.185 e. The number of rotatable bonds is 2. The molecule has 0 radical (unpaired) electrons. The van der Waals surface area contributed by atoms with Gasteiger partial charge in [0.05, 0.1) is 13.2 Å². The minimum Gasteiger partial charge on any atom is -0.394 e. The lowest BCUT2D eigenvalue weighted by Gasteiger charge is -2.45. The maximum Gasteiger partial charge on any atom is 0.185 e. The van der Waals surface area contributed by atoms with E-state index in [4.69, 9.17) is 17.3 Å². The molecule has 98 valence electrons. The number of nitrogens with zero attached hydrogens (tertiary/aromatic N) is 1. The lowest BCUT2D eigenvalue weighted by Crippen LogP contribution is -2.57. The van der Waals surface area contributed by atoms with E-state index in [9.17, 15) is 0 Å². The van der Waals surface area contributed by atoms with Crippen LogP contribution in [0, 0.1) is 11.3 Å². The fourth-order valence-corrected chi connectivity index (χ4v) is 3.95. The van der Waals surface area contributed by atoms with E-state index in [-0.39, 0.29) is 12.3 Å². The molecule has 5 heteroatoms. The average Bonchev–Trinajstić information content (AvgIpc) is 2.38. The predicted molar refractivity (Wildman–Crippen MR) is 72.2 cm³/mol. The van der Waals surface area contributed by atoms with Gasteiger partial charge in [0, 0.05) is 0 Å². The molecule has 2 aliphatic rings. The number of hydrogen-bond acceptors (Lipinski definition) is 3. The van der Waals surface area contributed by atoms with Crippen LogP contribution in [0.4, 0.5) is 0 Å². The van der Waals surface area contributed by atoms with E-state index in [1.54, 1.807) is 0 Å². The van der Waals surface area contributed by atoms with Crippen molar-refractivity contribution in [2.24, 2.45) is 11.3 Å². The Morgan fingerprint density at radius 2 is 2.18 bits per heavy atom. The maximum atomic E-state index is 9.02. The largest absolute Gasteiger partial charge is 0.394 e. The van der Waals surface area contributed by atoms with Gasteiger partial charge in [-0.1, -0.05) is 20.8 Å². The van der Waals surface area contributed by atoms with Crippen LogP contribution in [0.25, 0.3) is 0 Å². The number of thiocarbonyl (C=S) groups is 1. The van der Waals surface area contributed by atoms with E-state index >= 15 is 0 Å². The first-order chi connectivity index (χ1) is 7.86. The van der Waals surface area contributed by atoms with E-state index in [0.717, 1.165) is 12.8 Å². The lowest BCUT2D eigenvalue weighted by molar-refractivity contribution is 0.0530. The zero-order chi connectivity index (χ0) is 12.7. The van der Waals surface area contributed by atoms with Crippen molar-refractivity contribution < 1.29 is 5.11 Å². The first-order valence-corrected chi connectivity index (χ1v) is 6.75. The Balaban J connectivity index is 2.12. The number of hydrogen-bond donors (Lipinski definition) is 3. The fraction of sp³-hybridized carbons (Fsp3) is 0.917. The highest BCUT2D eigenvalue weighted by Crippen LogP contribution is 2.43. The Hall–Kier alpha value is -0.390. The van der Waals surface area contributed by atoms with Crippen LogP contribution in [0.3, 0.4) is 0 Å². The highest BCUT2D eigenvalue weighted by atomic mass is 32.1. The predicted octanol–water partition coefficient (Wildman–Crippen LogP) is 1.22. The van der Waals surface area contributed by atoms with E-state index in [2.05, 4.69) is 31.5 Å². The van der Waals surface area contributed by atoms with Gasteiger partial charge in [0.2, 0.25) is 0 Å². The van der Waals surface area contributed by atoms with Crippen LogP contribution in [0.15, 0.2) is 0 Å². The van der Waals surface area contributed by atoms with Crippen LogP contribution in [-0.4, -0.2) is 34.0 Å². The van der Waals surface area contributed by atoms with Crippen molar-refractivity contribution in [2.75, 3.05) is 13.2 Å². The lowest BCUT2D eigenvalue weighted by atomic mass is 9.68. The third-order valence-electron chi connectivity index (χ3n) is 3.64. The second-order valence-electron chi connectivity index (χ2n) is 6.35. The van der Waals surface area contributed by atoms with Crippen molar-refractivity contribution >= 4 is 17.3 Å². The van der Waals surface area contributed by atoms with E-state index in [0.29, 0.717) is 23.0 Å². The van der Waals surface area contributed by atoms with Gasteiger partial charge < -0.3 is 10.4 Å². The quantitative estimate of drug-likeness (QED) is 0.649. The molecule has 0 aromatic heterocycles. The van der Waals surface area contributed by atoms with E-state index in [1.165, 1.54) is 6.42 Å². The number of β-amino-alcohol motifs (C(OH)–C–C–N with tert-alkyl or cyclic N) is 1. The summed E-state index contributed by atoms with van der Waals surface area (Å²) in [6, 6.07) is 0. The molecule has 17 heavy (non-hydrogen) atoms. The SMILES string of the molecule is CC1CC(C)(C)CC2(C1)NC(=S)N(CCO)N2. The second kappa shape index (κ2) is 4.37. The molecule has 0 aromatic carbocycles. The minimum absolute atomic E-state index is 0.104. The van der Waals surface area contributed by atoms with Crippen LogP contribution in [-0.2, 0) is 0 Å². The molecule has 3 N–H and O–H groups in total. The standard InChI is InChI=1S/C12H23N3OS/c1-9-6-11(2,3)8-12(7-9)13-10(17)15(14-12)4-5-16/h9,14,16H,4-8H2,1-3H3,(H,13,17). The molecule has 2 fully saturated rings. The summed E-state index contributed by atoms with van der Waals surface area (Å²) < 4.78 is 0. The van der Waals surface area contributed by atoms with E-state index in [1.807, 2.05) is 5.01 Å². The summed E-state index contributed by atoms with van der Waals surface area (Å²) >= 11 is 5.31. The van der Waals surface area contributed by atoms with Crippen molar-refractivity contribution in [2.45, 2.75) is 45.7 Å². The van der Waals surface area contributed by atoms with Crippen molar-refractivity contribution in [1.29, 1.82) is 0 Å². The second-order valence-corrected chi connectivity index (χ2v) is 6.74. The zero-order valence-corrected chi connectivity index (χ0v) is 11.7. The van der Waals surface area contributed by atoms with Gasteiger partial charge in [-0.3, -0.25) is 5.01 Å². The summed E-state index contributed by atoms with van der Waals surface area (Å²) in [5, 5.41) is 15.0. The summed E-state index contributed by atoms with van der Waals surface area (Å²) in [5.41, 5.74) is 3.68. The van der Waals surface area contributed by atoms with Gasteiger partial charge in [0.25, 0.3) is 0 Å². The third kappa shape index (κ3) is 2.72. The zero-order valence-electron chi connectivity index (χ0n) is 10.9. The number of aliphatic hydroxyl groups is 1.